The van der Waals surface area contributed by atoms with Crippen molar-refractivity contribution in [2.24, 2.45) is 5.73 Å². The summed E-state index contributed by atoms with van der Waals surface area (Å²) in [5, 5.41) is 3.94. The van der Waals surface area contributed by atoms with E-state index >= 15 is 0 Å². The van der Waals surface area contributed by atoms with Crippen LogP contribution < -0.4 is 11.1 Å². The topological polar surface area (TPSA) is 80.1 Å². The summed E-state index contributed by atoms with van der Waals surface area (Å²) in [6, 6.07) is 7.72. The summed E-state index contributed by atoms with van der Waals surface area (Å²) < 4.78 is 5.59. The van der Waals surface area contributed by atoms with Crippen molar-refractivity contribution < 1.29 is 9.53 Å². The third-order valence-corrected chi connectivity index (χ3v) is 3.52. The molecule has 1 fully saturated rings. The van der Waals surface area contributed by atoms with Gasteiger partial charge in [-0.15, -0.1) is 0 Å². The maximum absolute atomic E-state index is 12.2. The van der Waals surface area contributed by atoms with Gasteiger partial charge in [0.05, 0.1) is 11.8 Å². The molecule has 5 heteroatoms. The Morgan fingerprint density at radius 2 is 2.32 bits per heavy atom. The van der Waals surface area contributed by atoms with E-state index in [1.165, 1.54) is 0 Å². The Labute approximate surface area is 111 Å². The highest BCUT2D eigenvalue weighted by atomic mass is 16.5. The van der Waals surface area contributed by atoms with Gasteiger partial charge in [0, 0.05) is 23.6 Å². The summed E-state index contributed by atoms with van der Waals surface area (Å²) in [5.74, 6) is -0.0929. The molecule has 1 aliphatic rings. The second kappa shape index (κ2) is 5.03. The molecule has 1 aromatic carbocycles. The fraction of sp³-hybridized carbons (Fsp3) is 0.357. The van der Waals surface area contributed by atoms with Crippen molar-refractivity contribution in [2.75, 3.05) is 11.9 Å². The normalized spacial score (nSPS) is 22.8. The molecular weight excluding hydrogens is 242 g/mol. The van der Waals surface area contributed by atoms with E-state index in [9.17, 15) is 4.79 Å². The molecule has 5 nitrogen and oxygen atoms in total. The minimum atomic E-state index is -0.386. The number of nitrogens with one attached hydrogen (secondary N) is 2. The molecule has 2 atom stereocenters. The molecule has 3 rings (SSSR count). The summed E-state index contributed by atoms with van der Waals surface area (Å²) >= 11 is 0. The molecule has 0 radical (unpaired) electrons. The van der Waals surface area contributed by atoms with Crippen LogP contribution in [0.15, 0.2) is 30.5 Å². The number of nitrogens with two attached hydrogens (primary N) is 1. The van der Waals surface area contributed by atoms with Gasteiger partial charge in [-0.1, -0.05) is 6.07 Å². The van der Waals surface area contributed by atoms with Crippen molar-refractivity contribution in [1.82, 2.24) is 4.98 Å². The number of hydrogen-bond donors (Lipinski definition) is 3. The van der Waals surface area contributed by atoms with Crippen molar-refractivity contribution >= 4 is 22.5 Å². The first-order valence-corrected chi connectivity index (χ1v) is 6.50. The maximum atomic E-state index is 12.2. The van der Waals surface area contributed by atoms with Crippen molar-refractivity contribution in [2.45, 2.75) is 25.0 Å². The predicted octanol–water partition coefficient (Wildman–Crippen LogP) is 1.61. The first kappa shape index (κ1) is 12.2. The SMILES string of the molecule is NC[C@H]1CC[C@@H](C(=O)Nc2cccc3[nH]ccc23)O1. The Hall–Kier alpha value is -1.85. The summed E-state index contributed by atoms with van der Waals surface area (Å²) in [6.45, 7) is 0.469. The van der Waals surface area contributed by atoms with Crippen LogP contribution in [-0.2, 0) is 9.53 Å². The molecule has 0 spiro atoms. The molecule has 1 aliphatic heterocycles. The number of anilines is 1. The number of aromatic nitrogens is 1. The average molecular weight is 259 g/mol. The fourth-order valence-corrected chi connectivity index (χ4v) is 2.48. The van der Waals surface area contributed by atoms with Gasteiger partial charge in [-0.2, -0.15) is 0 Å². The third-order valence-electron chi connectivity index (χ3n) is 3.52. The Balaban J connectivity index is 1.74. The molecule has 0 bridgehead atoms. The van der Waals surface area contributed by atoms with E-state index in [0.717, 1.165) is 29.4 Å². The number of hydrogen-bond acceptors (Lipinski definition) is 3. The van der Waals surface area contributed by atoms with Gasteiger partial charge in [0.1, 0.15) is 6.10 Å². The maximum Gasteiger partial charge on any atom is 0.253 e. The molecule has 1 aromatic heterocycles. The van der Waals surface area contributed by atoms with E-state index in [4.69, 9.17) is 10.5 Å². The minimum absolute atomic E-state index is 0.0128. The van der Waals surface area contributed by atoms with E-state index in [1.807, 2.05) is 30.5 Å². The number of carbonyl (C=O) groups excluding carboxylic acids is 1. The second-order valence-electron chi connectivity index (χ2n) is 4.79. The van der Waals surface area contributed by atoms with E-state index in [0.29, 0.717) is 6.54 Å². The summed E-state index contributed by atoms with van der Waals surface area (Å²) in [5.41, 5.74) is 7.36. The molecule has 2 aromatic rings. The molecule has 100 valence electrons. The zero-order valence-electron chi connectivity index (χ0n) is 10.6. The van der Waals surface area contributed by atoms with Crippen molar-refractivity contribution in [3.63, 3.8) is 0 Å². The van der Waals surface area contributed by atoms with E-state index < -0.39 is 0 Å². The number of ether oxygens (including phenoxy) is 1. The van der Waals surface area contributed by atoms with Gasteiger partial charge < -0.3 is 20.8 Å². The first-order chi connectivity index (χ1) is 9.28. The molecule has 4 N–H and O–H groups in total. The number of H-pyrrole nitrogens is 1. The number of benzene rings is 1. The highest BCUT2D eigenvalue weighted by molar-refractivity contribution is 6.02. The molecule has 2 heterocycles. The van der Waals surface area contributed by atoms with Gasteiger partial charge in [-0.25, -0.2) is 0 Å². The Morgan fingerprint density at radius 1 is 1.42 bits per heavy atom. The van der Waals surface area contributed by atoms with Crippen LogP contribution in [0.4, 0.5) is 5.69 Å². The molecular formula is C14H17N3O2. The van der Waals surface area contributed by atoms with Crippen LogP contribution in [-0.4, -0.2) is 29.6 Å². The van der Waals surface area contributed by atoms with Crippen LogP contribution in [0.2, 0.25) is 0 Å². The Morgan fingerprint density at radius 3 is 3.11 bits per heavy atom. The summed E-state index contributed by atoms with van der Waals surface area (Å²) in [7, 11) is 0. The van der Waals surface area contributed by atoms with Crippen molar-refractivity contribution in [3.05, 3.63) is 30.5 Å². The van der Waals surface area contributed by atoms with E-state index in [2.05, 4.69) is 10.3 Å². The number of carbonyl (C=O) groups is 1. The monoisotopic (exact) mass is 259 g/mol. The lowest BCUT2D eigenvalue weighted by Crippen LogP contribution is -2.29. The van der Waals surface area contributed by atoms with E-state index in [1.54, 1.807) is 0 Å². The number of aromatic amines is 1. The number of fused-ring (bicyclic) bond motifs is 1. The van der Waals surface area contributed by atoms with Gasteiger partial charge in [-0.3, -0.25) is 4.79 Å². The summed E-state index contributed by atoms with van der Waals surface area (Å²) in [6.07, 6.45) is 3.07. The van der Waals surface area contributed by atoms with Crippen LogP contribution in [0, 0.1) is 0 Å². The summed E-state index contributed by atoms with van der Waals surface area (Å²) in [4.78, 5) is 15.3. The van der Waals surface area contributed by atoms with Crippen LogP contribution >= 0.6 is 0 Å². The lowest BCUT2D eigenvalue weighted by Gasteiger charge is -2.13. The molecule has 1 saturated heterocycles. The van der Waals surface area contributed by atoms with E-state index in [-0.39, 0.29) is 18.1 Å². The van der Waals surface area contributed by atoms with Crippen LogP contribution in [0.3, 0.4) is 0 Å². The van der Waals surface area contributed by atoms with Gasteiger partial charge in [0.25, 0.3) is 5.91 Å². The first-order valence-electron chi connectivity index (χ1n) is 6.50. The molecule has 0 aliphatic carbocycles. The standard InChI is InChI=1S/C14H17N3O2/c15-8-9-4-5-13(19-9)14(18)17-12-3-1-2-11-10(12)6-7-16-11/h1-3,6-7,9,13,16H,4-5,8,15H2,(H,17,18)/t9-,13+/m1/s1. The third kappa shape index (κ3) is 2.34. The largest absolute Gasteiger partial charge is 0.364 e. The average Bonchev–Trinajstić information content (AvgIpc) is 3.08. The minimum Gasteiger partial charge on any atom is -0.364 e. The van der Waals surface area contributed by atoms with Crippen LogP contribution in [0.5, 0.6) is 0 Å². The quantitative estimate of drug-likeness (QED) is 0.783. The lowest BCUT2D eigenvalue weighted by molar-refractivity contribution is -0.126. The fourth-order valence-electron chi connectivity index (χ4n) is 2.48. The Bertz CT molecular complexity index is 593. The highest BCUT2D eigenvalue weighted by Crippen LogP contribution is 2.24. The van der Waals surface area contributed by atoms with Crippen molar-refractivity contribution in [1.29, 1.82) is 0 Å². The molecule has 19 heavy (non-hydrogen) atoms. The Kier molecular flexibility index (Phi) is 3.23. The zero-order valence-corrected chi connectivity index (χ0v) is 10.6. The zero-order chi connectivity index (χ0) is 13.2. The van der Waals surface area contributed by atoms with Crippen LogP contribution in [0.25, 0.3) is 10.9 Å². The van der Waals surface area contributed by atoms with Crippen molar-refractivity contribution in [3.8, 4) is 0 Å². The van der Waals surface area contributed by atoms with Gasteiger partial charge in [-0.05, 0) is 31.0 Å². The highest BCUT2D eigenvalue weighted by Gasteiger charge is 2.29. The lowest BCUT2D eigenvalue weighted by atomic mass is 10.1. The smallest absolute Gasteiger partial charge is 0.253 e. The van der Waals surface area contributed by atoms with Gasteiger partial charge >= 0.3 is 0 Å². The predicted molar refractivity (Wildman–Crippen MR) is 73.9 cm³/mol. The molecule has 0 unspecified atom stereocenters. The van der Waals surface area contributed by atoms with Gasteiger partial charge in [0.2, 0.25) is 0 Å². The van der Waals surface area contributed by atoms with Crippen LogP contribution in [0.1, 0.15) is 12.8 Å². The molecule has 1 amide bonds. The molecule has 0 saturated carbocycles. The number of rotatable bonds is 3. The second-order valence-corrected chi connectivity index (χ2v) is 4.79. The van der Waals surface area contributed by atoms with Gasteiger partial charge in [0.15, 0.2) is 0 Å². The number of amides is 1.